The number of hydrogen-bond acceptors (Lipinski definition) is 7. The van der Waals surface area contributed by atoms with Gasteiger partial charge in [0.05, 0.1) is 20.1 Å². The summed E-state index contributed by atoms with van der Waals surface area (Å²) in [6.07, 6.45) is -0.567. The highest BCUT2D eigenvalue weighted by molar-refractivity contribution is 6.18. The van der Waals surface area contributed by atoms with Crippen molar-refractivity contribution in [2.45, 2.75) is 18.9 Å². The number of ether oxygens (including phenoxy) is 3. The van der Waals surface area contributed by atoms with E-state index < -0.39 is 29.9 Å². The van der Waals surface area contributed by atoms with Crippen molar-refractivity contribution >= 4 is 23.8 Å². The van der Waals surface area contributed by atoms with Gasteiger partial charge in [-0.1, -0.05) is 18.2 Å². The molecule has 0 saturated carbocycles. The first-order valence-electron chi connectivity index (χ1n) is 6.65. The van der Waals surface area contributed by atoms with Crippen LogP contribution in [0.4, 0.5) is 0 Å². The number of aliphatic imine (C=N–C) groups is 1. The summed E-state index contributed by atoms with van der Waals surface area (Å²) in [6, 6.07) is 8.59. The first kappa shape index (κ1) is 15.7. The molecule has 1 aromatic carbocycles. The molecule has 116 valence electrons. The topological polar surface area (TPSA) is 91.3 Å². The molecule has 0 aliphatic carbocycles. The van der Waals surface area contributed by atoms with Gasteiger partial charge in [0, 0.05) is 5.56 Å². The lowest BCUT2D eigenvalue weighted by Gasteiger charge is -2.17. The largest absolute Gasteiger partial charge is 0.467 e. The number of esters is 3. The van der Waals surface area contributed by atoms with E-state index in [1.54, 1.807) is 37.3 Å². The van der Waals surface area contributed by atoms with Crippen LogP contribution in [0.2, 0.25) is 0 Å². The van der Waals surface area contributed by atoms with Crippen molar-refractivity contribution in [3.8, 4) is 0 Å². The molecule has 1 heterocycles. The lowest BCUT2D eigenvalue weighted by molar-refractivity contribution is -0.161. The number of nitrogens with zero attached hydrogens (tertiary/aromatic N) is 1. The second-order valence-electron chi connectivity index (χ2n) is 4.51. The van der Waals surface area contributed by atoms with E-state index in [4.69, 9.17) is 9.47 Å². The van der Waals surface area contributed by atoms with E-state index in [-0.39, 0.29) is 12.5 Å². The monoisotopic (exact) mass is 305 g/mol. The van der Waals surface area contributed by atoms with Crippen LogP contribution in [0.15, 0.2) is 35.3 Å². The summed E-state index contributed by atoms with van der Waals surface area (Å²) in [5.74, 6) is -2.68. The molecule has 0 aromatic heterocycles. The van der Waals surface area contributed by atoms with E-state index in [1.165, 1.54) is 0 Å². The molecule has 0 saturated heterocycles. The van der Waals surface area contributed by atoms with Crippen LogP contribution >= 0.6 is 0 Å². The van der Waals surface area contributed by atoms with Gasteiger partial charge in [0.25, 0.3) is 5.54 Å². The molecule has 1 aromatic rings. The van der Waals surface area contributed by atoms with Crippen LogP contribution in [0.25, 0.3) is 0 Å². The molecular weight excluding hydrogens is 290 g/mol. The van der Waals surface area contributed by atoms with E-state index >= 15 is 0 Å². The first-order valence-corrected chi connectivity index (χ1v) is 6.65. The molecule has 2 rings (SSSR count). The lowest BCUT2D eigenvalue weighted by atomic mass is 9.97. The molecule has 0 spiro atoms. The summed E-state index contributed by atoms with van der Waals surface area (Å²) < 4.78 is 14.5. The Morgan fingerprint density at radius 2 is 1.95 bits per heavy atom. The average molecular weight is 305 g/mol. The van der Waals surface area contributed by atoms with Gasteiger partial charge < -0.3 is 14.2 Å². The fraction of sp³-hybridized carbons (Fsp3) is 0.333. The van der Waals surface area contributed by atoms with Crippen molar-refractivity contribution < 1.29 is 28.6 Å². The molecule has 1 unspecified atom stereocenters. The van der Waals surface area contributed by atoms with Crippen molar-refractivity contribution in [3.05, 3.63) is 35.9 Å². The predicted octanol–water partition coefficient (Wildman–Crippen LogP) is 0.855. The molecule has 7 heteroatoms. The summed E-state index contributed by atoms with van der Waals surface area (Å²) in [4.78, 5) is 39.9. The number of cyclic esters (lactones) is 1. The second kappa shape index (κ2) is 6.38. The molecule has 0 fully saturated rings. The Balaban J connectivity index is 2.40. The number of methoxy groups -OCH3 is 1. The molecular formula is C15H15NO6. The fourth-order valence-electron chi connectivity index (χ4n) is 2.02. The molecule has 1 aliphatic heterocycles. The number of carbonyl (C=O) groups excluding carboxylic acids is 3. The van der Waals surface area contributed by atoms with Gasteiger partial charge in [0.1, 0.15) is 0 Å². The van der Waals surface area contributed by atoms with Gasteiger partial charge in [0.2, 0.25) is 5.90 Å². The van der Waals surface area contributed by atoms with Gasteiger partial charge in [-0.15, -0.1) is 0 Å². The molecule has 1 aliphatic rings. The van der Waals surface area contributed by atoms with Gasteiger partial charge in [0.15, 0.2) is 0 Å². The summed E-state index contributed by atoms with van der Waals surface area (Å²) in [7, 11) is 1.11. The quantitative estimate of drug-likeness (QED) is 0.455. The van der Waals surface area contributed by atoms with Crippen molar-refractivity contribution in [3.63, 3.8) is 0 Å². The van der Waals surface area contributed by atoms with E-state index in [0.29, 0.717) is 5.56 Å². The second-order valence-corrected chi connectivity index (χ2v) is 4.51. The third-order valence-corrected chi connectivity index (χ3v) is 3.07. The third kappa shape index (κ3) is 2.83. The summed E-state index contributed by atoms with van der Waals surface area (Å²) in [5.41, 5.74) is -1.53. The van der Waals surface area contributed by atoms with E-state index in [2.05, 4.69) is 9.73 Å². The minimum absolute atomic E-state index is 0.0275. The maximum Gasteiger partial charge on any atom is 0.353 e. The van der Waals surface area contributed by atoms with Crippen molar-refractivity contribution in [2.75, 3.05) is 13.7 Å². The first-order chi connectivity index (χ1) is 10.5. The Hall–Kier alpha value is -2.70. The maximum absolute atomic E-state index is 12.2. The zero-order valence-corrected chi connectivity index (χ0v) is 12.2. The maximum atomic E-state index is 12.2. The Morgan fingerprint density at radius 1 is 1.27 bits per heavy atom. The van der Waals surface area contributed by atoms with E-state index in [1.807, 2.05) is 0 Å². The molecule has 0 amide bonds. The Bertz CT molecular complexity index is 624. The molecule has 1 atom stereocenters. The highest BCUT2D eigenvalue weighted by atomic mass is 16.6. The highest BCUT2D eigenvalue weighted by Crippen LogP contribution is 2.29. The summed E-state index contributed by atoms with van der Waals surface area (Å²) in [5, 5.41) is 0. The minimum atomic E-state index is -2.05. The van der Waals surface area contributed by atoms with Crippen LogP contribution in [0.3, 0.4) is 0 Å². The average Bonchev–Trinajstić information content (AvgIpc) is 2.85. The molecule has 7 nitrogen and oxygen atoms in total. The number of hydrogen-bond donors (Lipinski definition) is 0. The van der Waals surface area contributed by atoms with Gasteiger partial charge in [-0.2, -0.15) is 0 Å². The highest BCUT2D eigenvalue weighted by Gasteiger charge is 2.56. The molecule has 22 heavy (non-hydrogen) atoms. The summed E-state index contributed by atoms with van der Waals surface area (Å²) in [6.45, 7) is 1.74. The number of carbonyl (C=O) groups is 3. The smallest absolute Gasteiger partial charge is 0.353 e. The van der Waals surface area contributed by atoms with Gasteiger partial charge in [-0.25, -0.2) is 14.6 Å². The van der Waals surface area contributed by atoms with Gasteiger partial charge in [-0.05, 0) is 19.1 Å². The molecule has 0 N–H and O–H groups in total. The minimum Gasteiger partial charge on any atom is -0.467 e. The number of benzene rings is 1. The van der Waals surface area contributed by atoms with Crippen LogP contribution in [-0.2, 0) is 28.6 Å². The van der Waals surface area contributed by atoms with E-state index in [9.17, 15) is 14.4 Å². The third-order valence-electron chi connectivity index (χ3n) is 3.07. The standard InChI is InChI=1S/C15H15NO6/c1-3-21-11(17)9-15(13(18)20-2)14(19)22-12(16-15)10-7-5-4-6-8-10/h4-8H,3,9H2,1-2H3. The van der Waals surface area contributed by atoms with Crippen LogP contribution in [0.1, 0.15) is 18.9 Å². The van der Waals surface area contributed by atoms with Crippen LogP contribution in [0.5, 0.6) is 0 Å². The normalized spacial score (nSPS) is 20.1. The predicted molar refractivity (Wildman–Crippen MR) is 75.1 cm³/mol. The number of rotatable bonds is 5. The van der Waals surface area contributed by atoms with Crippen molar-refractivity contribution in [1.29, 1.82) is 0 Å². The lowest BCUT2D eigenvalue weighted by Crippen LogP contribution is -2.45. The Kier molecular flexibility index (Phi) is 4.55. The zero-order chi connectivity index (χ0) is 16.2. The van der Waals surface area contributed by atoms with Gasteiger partial charge >= 0.3 is 17.9 Å². The molecule has 0 bridgehead atoms. The SMILES string of the molecule is CCOC(=O)CC1(C(=O)OC)N=C(c2ccccc2)OC1=O. The summed E-state index contributed by atoms with van der Waals surface area (Å²) >= 11 is 0. The van der Waals surface area contributed by atoms with Crippen LogP contribution in [0, 0.1) is 0 Å². The van der Waals surface area contributed by atoms with Crippen molar-refractivity contribution in [2.24, 2.45) is 4.99 Å². The van der Waals surface area contributed by atoms with E-state index in [0.717, 1.165) is 7.11 Å². The Labute approximate surface area is 126 Å². The molecule has 0 radical (unpaired) electrons. The van der Waals surface area contributed by atoms with Crippen LogP contribution in [-0.4, -0.2) is 43.1 Å². The van der Waals surface area contributed by atoms with Gasteiger partial charge in [-0.3, -0.25) is 4.79 Å². The van der Waals surface area contributed by atoms with Crippen molar-refractivity contribution in [1.82, 2.24) is 0 Å². The zero-order valence-electron chi connectivity index (χ0n) is 12.2. The van der Waals surface area contributed by atoms with Crippen LogP contribution < -0.4 is 0 Å². The fourth-order valence-corrected chi connectivity index (χ4v) is 2.02. The Morgan fingerprint density at radius 3 is 2.55 bits per heavy atom.